The highest BCUT2D eigenvalue weighted by atomic mass is 32.2. The number of carboxylic acids is 1. The molecule has 1 N–H and O–H groups in total. The Bertz CT molecular complexity index is 1030. The molecule has 9 heteroatoms. The van der Waals surface area contributed by atoms with Gasteiger partial charge in [-0.3, -0.25) is 8.51 Å². The number of hydrogen-bond acceptors (Lipinski definition) is 4. The number of para-hydroxylation sites is 1. The number of thiophene rings is 1. The summed E-state index contributed by atoms with van der Waals surface area (Å²) in [6.45, 7) is 1.69. The summed E-state index contributed by atoms with van der Waals surface area (Å²) in [5.74, 6) is -2.98. The molecule has 0 fully saturated rings. The van der Waals surface area contributed by atoms with Crippen LogP contribution in [0.3, 0.4) is 0 Å². The van der Waals surface area contributed by atoms with Gasteiger partial charge in [0.05, 0.1) is 22.6 Å². The van der Waals surface area contributed by atoms with Crippen LogP contribution in [0, 0.1) is 18.6 Å². The van der Waals surface area contributed by atoms with E-state index in [0.29, 0.717) is 11.6 Å². The van der Waals surface area contributed by atoms with Crippen LogP contribution in [-0.4, -0.2) is 19.8 Å². The molecule has 1 atom stereocenters. The van der Waals surface area contributed by atoms with Crippen LogP contribution in [0.2, 0.25) is 0 Å². The molecule has 0 saturated carbocycles. The van der Waals surface area contributed by atoms with Gasteiger partial charge in [-0.25, -0.2) is 13.6 Å². The molecule has 0 aliphatic carbocycles. The van der Waals surface area contributed by atoms with Gasteiger partial charge < -0.3 is 9.66 Å². The van der Waals surface area contributed by atoms with Gasteiger partial charge in [-0.1, -0.05) is 18.2 Å². The zero-order chi connectivity index (χ0) is 19.7. The number of carbonyl (C=O) groups is 1. The summed E-state index contributed by atoms with van der Waals surface area (Å²) in [6.07, 6.45) is 0. The first-order chi connectivity index (χ1) is 12.8. The van der Waals surface area contributed by atoms with Gasteiger partial charge in [0.25, 0.3) is 0 Å². The molecule has 0 aliphatic heterocycles. The molecule has 3 rings (SSSR count). The van der Waals surface area contributed by atoms with E-state index in [2.05, 4.69) is 0 Å². The van der Waals surface area contributed by atoms with E-state index in [1.807, 2.05) is 0 Å². The van der Waals surface area contributed by atoms with Gasteiger partial charge in [-0.15, -0.1) is 11.3 Å². The quantitative estimate of drug-likeness (QED) is 0.624. The largest absolute Gasteiger partial charge is 0.755 e. The second-order valence-electron chi connectivity index (χ2n) is 5.59. The maximum absolute atomic E-state index is 13.5. The lowest BCUT2D eigenvalue weighted by molar-refractivity contribution is 0.0703. The maximum Gasteiger partial charge on any atom is 0.348 e. The molecule has 2 aromatic carbocycles. The van der Waals surface area contributed by atoms with Crippen LogP contribution in [0.25, 0.3) is 10.4 Å². The number of aromatic carboxylic acids is 1. The fourth-order valence-corrected chi connectivity index (χ4v) is 4.30. The molecule has 1 heterocycles. The standard InChI is InChI=1S/C18H13F2NO4S2/c1-10-4-2-3-5-14(10)21(27(24)25)15-9-16(26-17(15)18(22)23)11-6-12(19)8-13(20)7-11/h2-9H,1H3,(H,22,23)(H,24,25)/p-1. The van der Waals surface area contributed by atoms with Crippen LogP contribution in [0.5, 0.6) is 0 Å². The summed E-state index contributed by atoms with van der Waals surface area (Å²) in [5.41, 5.74) is 0.910. The Hall–Kier alpha value is -2.62. The first kappa shape index (κ1) is 19.2. The number of rotatable bonds is 5. The van der Waals surface area contributed by atoms with Crippen LogP contribution in [0.4, 0.5) is 20.2 Å². The van der Waals surface area contributed by atoms with Gasteiger partial charge in [0.1, 0.15) is 16.5 Å². The van der Waals surface area contributed by atoms with E-state index in [1.54, 1.807) is 25.1 Å². The van der Waals surface area contributed by atoms with Gasteiger partial charge in [0.2, 0.25) is 0 Å². The van der Waals surface area contributed by atoms with E-state index < -0.39 is 28.9 Å². The normalized spacial score (nSPS) is 12.0. The third-order valence-corrected chi connectivity index (χ3v) is 5.61. The number of carboxylic acid groups (broad SMARTS) is 1. The molecule has 0 saturated heterocycles. The number of nitrogens with zero attached hydrogens (tertiary/aromatic N) is 1. The van der Waals surface area contributed by atoms with Crippen LogP contribution >= 0.6 is 11.3 Å². The highest BCUT2D eigenvalue weighted by Crippen LogP contribution is 2.41. The molecule has 140 valence electrons. The Morgan fingerprint density at radius 1 is 1.11 bits per heavy atom. The van der Waals surface area contributed by atoms with E-state index >= 15 is 0 Å². The molecule has 1 aromatic heterocycles. The van der Waals surface area contributed by atoms with Crippen molar-refractivity contribution in [3.63, 3.8) is 0 Å². The second kappa shape index (κ2) is 7.55. The van der Waals surface area contributed by atoms with Crippen molar-refractivity contribution in [3.05, 3.63) is 70.6 Å². The molecular weight excluding hydrogens is 396 g/mol. The maximum atomic E-state index is 13.5. The fraction of sp³-hybridized carbons (Fsp3) is 0.0556. The third kappa shape index (κ3) is 3.90. The summed E-state index contributed by atoms with van der Waals surface area (Å²) >= 11 is -2.08. The molecule has 0 spiro atoms. The molecule has 0 amide bonds. The van der Waals surface area contributed by atoms with Crippen LogP contribution in [0.15, 0.2) is 48.5 Å². The summed E-state index contributed by atoms with van der Waals surface area (Å²) in [5, 5.41) is 9.52. The summed E-state index contributed by atoms with van der Waals surface area (Å²) in [4.78, 5) is 11.6. The van der Waals surface area contributed by atoms with Crippen LogP contribution in [-0.2, 0) is 11.3 Å². The van der Waals surface area contributed by atoms with E-state index in [4.69, 9.17) is 0 Å². The molecule has 0 bridgehead atoms. The van der Waals surface area contributed by atoms with Gasteiger partial charge in [-0.05, 0) is 42.3 Å². The lowest BCUT2D eigenvalue weighted by atomic mass is 10.1. The molecule has 0 aliphatic rings. The van der Waals surface area contributed by atoms with Gasteiger partial charge >= 0.3 is 5.97 Å². The highest BCUT2D eigenvalue weighted by Gasteiger charge is 2.24. The predicted molar refractivity (Wildman–Crippen MR) is 98.9 cm³/mol. The number of hydrogen-bond donors (Lipinski definition) is 1. The first-order valence-corrected chi connectivity index (χ1v) is 9.41. The molecule has 0 radical (unpaired) electrons. The topological polar surface area (TPSA) is 80.7 Å². The predicted octanol–water partition coefficient (Wildman–Crippen LogP) is 4.63. The summed E-state index contributed by atoms with van der Waals surface area (Å²) < 4.78 is 51.7. The number of anilines is 2. The summed E-state index contributed by atoms with van der Waals surface area (Å²) in [6, 6.07) is 10.7. The van der Waals surface area contributed by atoms with Crippen molar-refractivity contribution in [1.29, 1.82) is 0 Å². The van der Waals surface area contributed by atoms with Crippen molar-refractivity contribution in [3.8, 4) is 10.4 Å². The number of halogens is 2. The highest BCUT2D eigenvalue weighted by molar-refractivity contribution is 7.81. The van der Waals surface area contributed by atoms with Crippen LogP contribution in [0.1, 0.15) is 15.2 Å². The lowest BCUT2D eigenvalue weighted by Crippen LogP contribution is -2.21. The van der Waals surface area contributed by atoms with Crippen molar-refractivity contribution >= 4 is 39.9 Å². The second-order valence-corrected chi connectivity index (χ2v) is 7.44. The first-order valence-electron chi connectivity index (χ1n) is 7.56. The van der Waals surface area contributed by atoms with E-state index in [0.717, 1.165) is 27.8 Å². The van der Waals surface area contributed by atoms with Crippen molar-refractivity contribution in [2.45, 2.75) is 6.92 Å². The Kier molecular flexibility index (Phi) is 5.36. The zero-order valence-electron chi connectivity index (χ0n) is 13.8. The minimum atomic E-state index is -2.82. The van der Waals surface area contributed by atoms with E-state index in [1.165, 1.54) is 12.1 Å². The Labute approximate surface area is 159 Å². The molecule has 3 aromatic rings. The SMILES string of the molecule is Cc1ccccc1N(c1cc(-c2cc(F)cc(F)c2)sc1C(=O)O)S(=O)[O-]. The average Bonchev–Trinajstić information content (AvgIpc) is 3.01. The van der Waals surface area contributed by atoms with Gasteiger partial charge in [0.15, 0.2) is 0 Å². The molecule has 27 heavy (non-hydrogen) atoms. The molecule has 5 nitrogen and oxygen atoms in total. The molecule has 1 unspecified atom stereocenters. The Morgan fingerprint density at radius 3 is 2.30 bits per heavy atom. The monoisotopic (exact) mass is 408 g/mol. The zero-order valence-corrected chi connectivity index (χ0v) is 15.4. The molecular formula is C18H12F2NO4S2-. The minimum absolute atomic E-state index is 0.102. The van der Waals surface area contributed by atoms with Gasteiger partial charge in [0, 0.05) is 10.9 Å². The average molecular weight is 408 g/mol. The minimum Gasteiger partial charge on any atom is -0.755 e. The fourth-order valence-electron chi connectivity index (χ4n) is 2.61. The van der Waals surface area contributed by atoms with E-state index in [-0.39, 0.29) is 26.7 Å². The van der Waals surface area contributed by atoms with Crippen molar-refractivity contribution in [2.75, 3.05) is 4.31 Å². The van der Waals surface area contributed by atoms with Crippen molar-refractivity contribution < 1.29 is 27.4 Å². The third-order valence-electron chi connectivity index (χ3n) is 3.76. The van der Waals surface area contributed by atoms with E-state index in [9.17, 15) is 27.4 Å². The number of aryl methyl sites for hydroxylation is 1. The number of benzene rings is 2. The smallest absolute Gasteiger partial charge is 0.348 e. The van der Waals surface area contributed by atoms with Crippen molar-refractivity contribution in [2.24, 2.45) is 0 Å². The Balaban J connectivity index is 2.22. The summed E-state index contributed by atoms with van der Waals surface area (Å²) in [7, 11) is 0. The van der Waals surface area contributed by atoms with Gasteiger partial charge in [-0.2, -0.15) is 0 Å². The van der Waals surface area contributed by atoms with Crippen molar-refractivity contribution in [1.82, 2.24) is 0 Å². The van der Waals surface area contributed by atoms with Crippen LogP contribution < -0.4 is 4.31 Å². The lowest BCUT2D eigenvalue weighted by Gasteiger charge is -2.27. The Morgan fingerprint density at radius 2 is 1.74 bits per heavy atom.